The van der Waals surface area contributed by atoms with Crippen molar-refractivity contribution < 1.29 is 14.3 Å². The lowest BCUT2D eigenvalue weighted by Crippen LogP contribution is -2.10. The van der Waals surface area contributed by atoms with Gasteiger partial charge < -0.3 is 15.3 Å². The summed E-state index contributed by atoms with van der Waals surface area (Å²) in [5.41, 5.74) is 6.84. The summed E-state index contributed by atoms with van der Waals surface area (Å²) in [5, 5.41) is 9.70. The smallest absolute Gasteiger partial charge is 0.248 e. The van der Waals surface area contributed by atoms with Crippen LogP contribution in [0.5, 0.6) is 0 Å². The van der Waals surface area contributed by atoms with E-state index in [1.165, 1.54) is 6.26 Å². The van der Waals surface area contributed by atoms with Gasteiger partial charge >= 0.3 is 0 Å². The van der Waals surface area contributed by atoms with Gasteiger partial charge in [-0.25, -0.2) is 0 Å². The molecule has 1 aromatic carbocycles. The topological polar surface area (TPSA) is 76.5 Å². The van der Waals surface area contributed by atoms with Crippen molar-refractivity contribution in [3.63, 3.8) is 0 Å². The van der Waals surface area contributed by atoms with Gasteiger partial charge in [-0.1, -0.05) is 0 Å². The van der Waals surface area contributed by atoms with Crippen molar-refractivity contribution in [1.29, 1.82) is 0 Å². The Balaban J connectivity index is 2.67. The molecule has 0 unspecified atom stereocenters. The lowest BCUT2D eigenvalue weighted by Gasteiger charge is -1.95. The van der Waals surface area contributed by atoms with Crippen LogP contribution in [0.15, 0.2) is 28.9 Å². The molecule has 0 saturated heterocycles. The van der Waals surface area contributed by atoms with E-state index >= 15 is 0 Å². The van der Waals surface area contributed by atoms with Crippen LogP contribution in [-0.2, 0) is 6.61 Å². The minimum Gasteiger partial charge on any atom is -0.464 e. The number of primary amides is 1. The van der Waals surface area contributed by atoms with Gasteiger partial charge in [0.05, 0.1) is 12.9 Å². The molecule has 2 rings (SSSR count). The summed E-state index contributed by atoms with van der Waals surface area (Å²) in [7, 11) is 0. The van der Waals surface area contributed by atoms with E-state index < -0.39 is 5.91 Å². The first-order chi connectivity index (χ1) is 6.72. The van der Waals surface area contributed by atoms with E-state index in [9.17, 15) is 4.79 Å². The fourth-order valence-electron chi connectivity index (χ4n) is 1.36. The van der Waals surface area contributed by atoms with Crippen LogP contribution in [0.1, 0.15) is 15.9 Å². The van der Waals surface area contributed by atoms with Crippen LogP contribution in [0.2, 0.25) is 0 Å². The summed E-state index contributed by atoms with van der Waals surface area (Å²) in [4.78, 5) is 10.9. The van der Waals surface area contributed by atoms with Gasteiger partial charge in [0.1, 0.15) is 5.58 Å². The molecule has 0 radical (unpaired) electrons. The Labute approximate surface area is 79.9 Å². The van der Waals surface area contributed by atoms with Gasteiger partial charge in [0.15, 0.2) is 0 Å². The third-order valence-electron chi connectivity index (χ3n) is 2.11. The molecule has 4 heteroatoms. The van der Waals surface area contributed by atoms with E-state index in [0.29, 0.717) is 16.7 Å². The van der Waals surface area contributed by atoms with Crippen LogP contribution in [-0.4, -0.2) is 11.0 Å². The van der Waals surface area contributed by atoms with Crippen molar-refractivity contribution in [3.05, 3.63) is 35.6 Å². The first kappa shape index (κ1) is 8.77. The Kier molecular flexibility index (Phi) is 1.98. The number of carbonyl (C=O) groups excluding carboxylic acids is 1. The molecule has 0 saturated carbocycles. The Morgan fingerprint density at radius 3 is 2.93 bits per heavy atom. The number of rotatable bonds is 2. The first-order valence-electron chi connectivity index (χ1n) is 4.13. The number of furan rings is 1. The highest BCUT2D eigenvalue weighted by molar-refractivity contribution is 5.97. The average molecular weight is 191 g/mol. The predicted molar refractivity (Wildman–Crippen MR) is 50.7 cm³/mol. The van der Waals surface area contributed by atoms with Gasteiger partial charge in [-0.05, 0) is 18.2 Å². The molecule has 4 nitrogen and oxygen atoms in total. The molecule has 0 atom stereocenters. The highest BCUT2D eigenvalue weighted by Crippen LogP contribution is 2.22. The lowest BCUT2D eigenvalue weighted by molar-refractivity contribution is 0.100. The van der Waals surface area contributed by atoms with E-state index in [0.717, 1.165) is 5.39 Å². The Morgan fingerprint density at radius 2 is 2.29 bits per heavy atom. The predicted octanol–water partition coefficient (Wildman–Crippen LogP) is 1.02. The van der Waals surface area contributed by atoms with E-state index in [1.807, 2.05) is 0 Å². The summed E-state index contributed by atoms with van der Waals surface area (Å²) in [6.45, 7) is -0.116. The number of aliphatic hydroxyl groups is 1. The molecule has 0 aliphatic carbocycles. The summed E-state index contributed by atoms with van der Waals surface area (Å²) in [6, 6.07) is 4.87. The molecule has 1 heterocycles. The summed E-state index contributed by atoms with van der Waals surface area (Å²) < 4.78 is 5.16. The van der Waals surface area contributed by atoms with Crippen LogP contribution in [0, 0.1) is 0 Å². The standard InChI is InChI=1S/C10H9NO3/c11-10(13)6-1-2-9-8(3-6)7(4-12)5-14-9/h1-3,5,12H,4H2,(H2,11,13). The minimum atomic E-state index is -0.489. The second kappa shape index (κ2) is 3.16. The third kappa shape index (κ3) is 1.25. The summed E-state index contributed by atoms with van der Waals surface area (Å²) in [6.07, 6.45) is 1.47. The van der Waals surface area contributed by atoms with Crippen molar-refractivity contribution in [2.45, 2.75) is 6.61 Å². The van der Waals surface area contributed by atoms with Gasteiger partial charge in [0.2, 0.25) is 5.91 Å². The molecule has 0 aliphatic heterocycles. The van der Waals surface area contributed by atoms with Crippen molar-refractivity contribution >= 4 is 16.9 Å². The van der Waals surface area contributed by atoms with E-state index in [4.69, 9.17) is 15.3 Å². The Hall–Kier alpha value is -1.81. The zero-order valence-corrected chi connectivity index (χ0v) is 7.36. The maximum atomic E-state index is 10.9. The molecule has 0 spiro atoms. The molecule has 72 valence electrons. The fourth-order valence-corrected chi connectivity index (χ4v) is 1.36. The van der Waals surface area contributed by atoms with E-state index in [1.54, 1.807) is 18.2 Å². The largest absolute Gasteiger partial charge is 0.464 e. The van der Waals surface area contributed by atoms with Gasteiger partial charge in [-0.2, -0.15) is 0 Å². The summed E-state index contributed by atoms with van der Waals surface area (Å²) >= 11 is 0. The normalized spacial score (nSPS) is 10.6. The maximum absolute atomic E-state index is 10.9. The number of benzene rings is 1. The second-order valence-corrected chi connectivity index (χ2v) is 2.99. The maximum Gasteiger partial charge on any atom is 0.248 e. The Morgan fingerprint density at radius 1 is 1.50 bits per heavy atom. The number of amides is 1. The molecule has 2 aromatic rings. The number of fused-ring (bicyclic) bond motifs is 1. The summed E-state index contributed by atoms with van der Waals surface area (Å²) in [5.74, 6) is -0.489. The minimum absolute atomic E-state index is 0.116. The van der Waals surface area contributed by atoms with Crippen LogP contribution >= 0.6 is 0 Å². The number of hydrogen-bond acceptors (Lipinski definition) is 3. The lowest BCUT2D eigenvalue weighted by atomic mass is 10.1. The van der Waals surface area contributed by atoms with Crippen molar-refractivity contribution in [1.82, 2.24) is 0 Å². The molecule has 14 heavy (non-hydrogen) atoms. The number of hydrogen-bond donors (Lipinski definition) is 2. The van der Waals surface area contributed by atoms with Crippen LogP contribution in [0.25, 0.3) is 11.0 Å². The molecule has 1 amide bonds. The SMILES string of the molecule is NC(=O)c1ccc2occ(CO)c2c1. The van der Waals surface area contributed by atoms with Crippen molar-refractivity contribution in [2.24, 2.45) is 5.73 Å². The van der Waals surface area contributed by atoms with Crippen LogP contribution in [0.3, 0.4) is 0 Å². The van der Waals surface area contributed by atoms with Crippen molar-refractivity contribution in [2.75, 3.05) is 0 Å². The number of carbonyl (C=O) groups is 1. The highest BCUT2D eigenvalue weighted by Gasteiger charge is 2.07. The molecular weight excluding hydrogens is 182 g/mol. The molecule has 1 aromatic heterocycles. The quantitative estimate of drug-likeness (QED) is 0.744. The van der Waals surface area contributed by atoms with Crippen molar-refractivity contribution in [3.8, 4) is 0 Å². The zero-order chi connectivity index (χ0) is 10.1. The number of aliphatic hydroxyl groups excluding tert-OH is 1. The number of nitrogens with two attached hydrogens (primary N) is 1. The molecule has 3 N–H and O–H groups in total. The fraction of sp³-hybridized carbons (Fsp3) is 0.100. The highest BCUT2D eigenvalue weighted by atomic mass is 16.3. The Bertz CT molecular complexity index is 487. The van der Waals surface area contributed by atoms with E-state index in [-0.39, 0.29) is 6.61 Å². The van der Waals surface area contributed by atoms with Gasteiger partial charge in [0.25, 0.3) is 0 Å². The third-order valence-corrected chi connectivity index (χ3v) is 2.11. The average Bonchev–Trinajstić information content (AvgIpc) is 2.59. The van der Waals surface area contributed by atoms with Gasteiger partial charge in [-0.15, -0.1) is 0 Å². The molecule has 0 bridgehead atoms. The molecular formula is C10H9NO3. The van der Waals surface area contributed by atoms with Gasteiger partial charge in [-0.3, -0.25) is 4.79 Å². The first-order valence-corrected chi connectivity index (χ1v) is 4.13. The van der Waals surface area contributed by atoms with E-state index in [2.05, 4.69) is 0 Å². The second-order valence-electron chi connectivity index (χ2n) is 2.99. The van der Waals surface area contributed by atoms with Crippen LogP contribution < -0.4 is 5.73 Å². The van der Waals surface area contributed by atoms with Crippen LogP contribution in [0.4, 0.5) is 0 Å². The zero-order valence-electron chi connectivity index (χ0n) is 7.36. The molecule has 0 aliphatic rings. The monoisotopic (exact) mass is 191 g/mol. The molecule has 0 fully saturated rings. The van der Waals surface area contributed by atoms with Gasteiger partial charge in [0, 0.05) is 16.5 Å².